The highest BCUT2D eigenvalue weighted by molar-refractivity contribution is 8.00. The van der Waals surface area contributed by atoms with Crippen LogP contribution in [0.1, 0.15) is 0 Å². The van der Waals surface area contributed by atoms with Crippen molar-refractivity contribution in [1.82, 2.24) is 15.2 Å². The number of hydrogen-bond donors (Lipinski definition) is 1. The predicted octanol–water partition coefficient (Wildman–Crippen LogP) is 4.71. The lowest BCUT2D eigenvalue weighted by Gasteiger charge is -2.00. The van der Waals surface area contributed by atoms with Crippen LogP contribution in [0, 0.1) is 5.82 Å². The van der Waals surface area contributed by atoms with Gasteiger partial charge in [-0.2, -0.15) is 0 Å². The van der Waals surface area contributed by atoms with Crippen molar-refractivity contribution >= 4 is 45.0 Å². The van der Waals surface area contributed by atoms with Gasteiger partial charge in [0.05, 0.1) is 0 Å². The van der Waals surface area contributed by atoms with Crippen LogP contribution in [-0.4, -0.2) is 15.2 Å². The lowest BCUT2D eigenvalue weighted by molar-refractivity contribution is 0.489. The van der Waals surface area contributed by atoms with Crippen molar-refractivity contribution in [2.45, 2.75) is 9.56 Å². The summed E-state index contributed by atoms with van der Waals surface area (Å²) in [6.07, 6.45) is 0. The highest BCUT2D eigenvalue weighted by atomic mass is 32.2. The van der Waals surface area contributed by atoms with E-state index in [1.807, 2.05) is 24.3 Å². The van der Waals surface area contributed by atoms with E-state index in [4.69, 9.17) is 4.42 Å². The molecule has 0 unspecified atom stereocenters. The van der Waals surface area contributed by atoms with Crippen LogP contribution in [0.5, 0.6) is 0 Å². The molecule has 2 aromatic carbocycles. The minimum absolute atomic E-state index is 0.305. The molecule has 4 rings (SSSR count). The number of rotatable bonds is 4. The zero-order valence-corrected chi connectivity index (χ0v) is 13.2. The first-order chi connectivity index (χ1) is 11.3. The molecule has 4 aromatic rings. The first kappa shape index (κ1) is 14.2. The van der Waals surface area contributed by atoms with Gasteiger partial charge in [0.1, 0.15) is 11.3 Å². The number of oxazole rings is 1. The second-order valence-electron chi connectivity index (χ2n) is 4.56. The van der Waals surface area contributed by atoms with Crippen LogP contribution in [0.15, 0.2) is 62.5 Å². The molecule has 1 N–H and O–H groups in total. The van der Waals surface area contributed by atoms with E-state index < -0.39 is 0 Å². The van der Waals surface area contributed by atoms with E-state index in [-0.39, 0.29) is 5.82 Å². The number of anilines is 2. The van der Waals surface area contributed by atoms with Crippen molar-refractivity contribution in [2.75, 3.05) is 5.32 Å². The van der Waals surface area contributed by atoms with Gasteiger partial charge in [-0.15, -0.1) is 10.2 Å². The van der Waals surface area contributed by atoms with E-state index in [1.54, 1.807) is 12.1 Å². The fraction of sp³-hybridized carbons (Fsp3) is 0. The van der Waals surface area contributed by atoms with E-state index >= 15 is 0 Å². The molecule has 23 heavy (non-hydrogen) atoms. The van der Waals surface area contributed by atoms with Gasteiger partial charge in [0.15, 0.2) is 9.92 Å². The fourth-order valence-electron chi connectivity index (χ4n) is 1.96. The first-order valence-corrected chi connectivity index (χ1v) is 8.29. The van der Waals surface area contributed by atoms with Gasteiger partial charge in [-0.05, 0) is 30.3 Å². The molecule has 0 fully saturated rings. The maximum Gasteiger partial charge on any atom is 0.264 e. The van der Waals surface area contributed by atoms with E-state index in [0.29, 0.717) is 20.4 Å². The predicted molar refractivity (Wildman–Crippen MR) is 87.7 cm³/mol. The van der Waals surface area contributed by atoms with Gasteiger partial charge in [0.2, 0.25) is 5.13 Å². The van der Waals surface area contributed by atoms with Crippen molar-refractivity contribution in [3.05, 3.63) is 54.3 Å². The number of nitrogens with one attached hydrogen (secondary N) is 1. The van der Waals surface area contributed by atoms with Crippen LogP contribution in [0.2, 0.25) is 0 Å². The normalized spacial score (nSPS) is 11.0. The van der Waals surface area contributed by atoms with Crippen molar-refractivity contribution in [3.63, 3.8) is 0 Å². The summed E-state index contributed by atoms with van der Waals surface area (Å²) >= 11 is 2.65. The Morgan fingerprint density at radius 1 is 1.09 bits per heavy atom. The number of halogens is 1. The van der Waals surface area contributed by atoms with Crippen LogP contribution in [0.4, 0.5) is 15.2 Å². The molecule has 0 spiro atoms. The molecule has 2 heterocycles. The van der Waals surface area contributed by atoms with Gasteiger partial charge < -0.3 is 9.73 Å². The van der Waals surface area contributed by atoms with Crippen LogP contribution in [0.25, 0.3) is 11.1 Å². The number of fused-ring (bicyclic) bond motifs is 1. The van der Waals surface area contributed by atoms with Gasteiger partial charge >= 0.3 is 0 Å². The average Bonchev–Trinajstić information content (AvgIpc) is 3.13. The Balaban J connectivity index is 1.51. The molecule has 0 aliphatic heterocycles. The highest BCUT2D eigenvalue weighted by Crippen LogP contribution is 2.34. The van der Waals surface area contributed by atoms with Gasteiger partial charge in [0, 0.05) is 17.4 Å². The quantitative estimate of drug-likeness (QED) is 0.578. The Labute approximate surface area is 138 Å². The molecule has 0 saturated carbocycles. The maximum atomic E-state index is 13.2. The molecule has 0 aliphatic rings. The molecule has 5 nitrogen and oxygen atoms in total. The van der Waals surface area contributed by atoms with Crippen molar-refractivity contribution in [3.8, 4) is 0 Å². The largest absolute Gasteiger partial charge is 0.431 e. The van der Waals surface area contributed by atoms with Crippen molar-refractivity contribution in [2.24, 2.45) is 0 Å². The highest BCUT2D eigenvalue weighted by Gasteiger charge is 2.11. The second kappa shape index (κ2) is 5.98. The third kappa shape index (κ3) is 3.17. The maximum absolute atomic E-state index is 13.2. The minimum Gasteiger partial charge on any atom is -0.431 e. The van der Waals surface area contributed by atoms with Gasteiger partial charge in [0.25, 0.3) is 5.22 Å². The lowest BCUT2D eigenvalue weighted by atomic mass is 10.3. The molecule has 0 aliphatic carbocycles. The number of para-hydroxylation sites is 2. The van der Waals surface area contributed by atoms with Gasteiger partial charge in [-0.3, -0.25) is 0 Å². The summed E-state index contributed by atoms with van der Waals surface area (Å²) < 4.78 is 19.5. The SMILES string of the molecule is Fc1cccc(Nc2nnc(Sc3nc4ccccc4o3)s2)c1. The van der Waals surface area contributed by atoms with E-state index in [1.165, 1.54) is 35.2 Å². The molecular formula is C15H9FN4OS2. The summed E-state index contributed by atoms with van der Waals surface area (Å²) in [4.78, 5) is 4.38. The molecule has 0 saturated heterocycles. The third-order valence-corrected chi connectivity index (χ3v) is 4.67. The smallest absolute Gasteiger partial charge is 0.264 e. The second-order valence-corrected chi connectivity index (χ2v) is 6.73. The Hall–Kier alpha value is -2.45. The summed E-state index contributed by atoms with van der Waals surface area (Å²) in [5.41, 5.74) is 2.16. The van der Waals surface area contributed by atoms with E-state index in [0.717, 1.165) is 11.1 Å². The van der Waals surface area contributed by atoms with Gasteiger partial charge in [-0.1, -0.05) is 29.5 Å². The third-order valence-electron chi connectivity index (χ3n) is 2.93. The van der Waals surface area contributed by atoms with Gasteiger partial charge in [-0.25, -0.2) is 9.37 Å². The monoisotopic (exact) mass is 344 g/mol. The summed E-state index contributed by atoms with van der Waals surface area (Å²) in [5, 5.41) is 12.2. The van der Waals surface area contributed by atoms with E-state index in [2.05, 4.69) is 20.5 Å². The Morgan fingerprint density at radius 2 is 2.00 bits per heavy atom. The van der Waals surface area contributed by atoms with Crippen LogP contribution >= 0.6 is 23.1 Å². The number of nitrogens with zero attached hydrogens (tertiary/aromatic N) is 3. The first-order valence-electron chi connectivity index (χ1n) is 6.66. The summed E-state index contributed by atoms with van der Waals surface area (Å²) in [6, 6.07) is 13.7. The zero-order chi connectivity index (χ0) is 15.6. The summed E-state index contributed by atoms with van der Waals surface area (Å²) in [6.45, 7) is 0. The van der Waals surface area contributed by atoms with Crippen LogP contribution in [0.3, 0.4) is 0 Å². The summed E-state index contributed by atoms with van der Waals surface area (Å²) in [5.74, 6) is -0.305. The standard InChI is InChI=1S/C15H9FN4OS2/c16-9-4-3-5-10(8-9)17-13-19-20-15(22-13)23-14-18-11-6-1-2-7-12(11)21-14/h1-8H,(H,17,19). The molecular weight excluding hydrogens is 335 g/mol. The molecule has 0 atom stereocenters. The number of hydrogen-bond acceptors (Lipinski definition) is 7. The fourth-order valence-corrected chi connectivity index (χ4v) is 3.58. The molecule has 0 amide bonds. The lowest BCUT2D eigenvalue weighted by Crippen LogP contribution is -1.89. The van der Waals surface area contributed by atoms with Crippen LogP contribution < -0.4 is 5.32 Å². The number of aromatic nitrogens is 3. The molecule has 114 valence electrons. The topological polar surface area (TPSA) is 63.8 Å². The molecule has 8 heteroatoms. The zero-order valence-electron chi connectivity index (χ0n) is 11.6. The summed E-state index contributed by atoms with van der Waals surface area (Å²) in [7, 11) is 0. The minimum atomic E-state index is -0.305. The molecule has 2 aromatic heterocycles. The van der Waals surface area contributed by atoms with Crippen molar-refractivity contribution < 1.29 is 8.81 Å². The molecule has 0 radical (unpaired) electrons. The Morgan fingerprint density at radius 3 is 2.87 bits per heavy atom. The number of benzene rings is 2. The van der Waals surface area contributed by atoms with Crippen molar-refractivity contribution in [1.29, 1.82) is 0 Å². The van der Waals surface area contributed by atoms with Crippen LogP contribution in [-0.2, 0) is 0 Å². The Bertz CT molecular complexity index is 936. The average molecular weight is 344 g/mol. The Kier molecular flexibility index (Phi) is 3.68. The molecule has 0 bridgehead atoms. The van der Waals surface area contributed by atoms with E-state index in [9.17, 15) is 4.39 Å².